The van der Waals surface area contributed by atoms with E-state index >= 15 is 0 Å². The number of carboxylic acids is 1. The van der Waals surface area contributed by atoms with Gasteiger partial charge in [-0.25, -0.2) is 9.78 Å². The van der Waals surface area contributed by atoms with Gasteiger partial charge in [-0.2, -0.15) is 0 Å². The molecule has 4 rings (SSSR count). The number of benzene rings is 2. The summed E-state index contributed by atoms with van der Waals surface area (Å²) in [4.78, 5) is 38.4. The van der Waals surface area contributed by atoms with Gasteiger partial charge in [0.15, 0.2) is 0 Å². The fourth-order valence-corrected chi connectivity index (χ4v) is 3.78. The Hall–Kier alpha value is -4.14. The molecular weight excluding hydrogens is 412 g/mol. The van der Waals surface area contributed by atoms with Crippen LogP contribution in [0.25, 0.3) is 11.1 Å². The molecular formula is C23H22N4O5. The molecule has 0 fully saturated rings. The zero-order valence-electron chi connectivity index (χ0n) is 17.2. The highest BCUT2D eigenvalue weighted by Gasteiger charge is 2.28. The Labute approximate surface area is 184 Å². The normalized spacial score (nSPS) is 12.0. The zero-order chi connectivity index (χ0) is 22.5. The van der Waals surface area contributed by atoms with E-state index in [1.54, 1.807) is 4.57 Å². The Kier molecular flexibility index (Phi) is 6.16. The van der Waals surface area contributed by atoms with Crippen molar-refractivity contribution < 1.29 is 24.2 Å². The molecule has 1 aliphatic carbocycles. The summed E-state index contributed by atoms with van der Waals surface area (Å²) < 4.78 is 7.11. The number of ether oxygens (including phenoxy) is 1. The van der Waals surface area contributed by atoms with Crippen molar-refractivity contribution >= 4 is 18.0 Å². The Morgan fingerprint density at radius 2 is 1.66 bits per heavy atom. The van der Waals surface area contributed by atoms with E-state index < -0.39 is 24.5 Å². The number of hydrogen-bond acceptors (Lipinski definition) is 5. The van der Waals surface area contributed by atoms with Gasteiger partial charge in [0.2, 0.25) is 0 Å². The zero-order valence-corrected chi connectivity index (χ0v) is 17.2. The molecule has 164 valence electrons. The van der Waals surface area contributed by atoms with Crippen LogP contribution >= 0.6 is 0 Å². The number of amides is 2. The van der Waals surface area contributed by atoms with Gasteiger partial charge in [-0.05, 0) is 22.3 Å². The molecule has 32 heavy (non-hydrogen) atoms. The van der Waals surface area contributed by atoms with Crippen molar-refractivity contribution in [3.8, 4) is 11.1 Å². The van der Waals surface area contributed by atoms with Gasteiger partial charge in [0, 0.05) is 25.2 Å². The van der Waals surface area contributed by atoms with Crippen LogP contribution in [-0.2, 0) is 16.1 Å². The summed E-state index contributed by atoms with van der Waals surface area (Å²) in [5, 5.41) is 13.5. The lowest BCUT2D eigenvalue weighted by Crippen LogP contribution is -2.29. The van der Waals surface area contributed by atoms with Crippen LogP contribution < -0.4 is 10.6 Å². The predicted octanol–water partition coefficient (Wildman–Crippen LogP) is 2.24. The fraction of sp³-hybridized carbons (Fsp3) is 0.217. The Balaban J connectivity index is 1.26. The maximum atomic E-state index is 12.2. The molecule has 2 aromatic carbocycles. The number of carbonyl (C=O) groups is 3. The number of fused-ring (bicyclic) bond motifs is 3. The van der Waals surface area contributed by atoms with Crippen molar-refractivity contribution in [2.45, 2.75) is 12.5 Å². The first-order valence-corrected chi connectivity index (χ1v) is 10.1. The first kappa shape index (κ1) is 21.1. The van der Waals surface area contributed by atoms with Crippen LogP contribution in [-0.4, -0.2) is 52.3 Å². The summed E-state index contributed by atoms with van der Waals surface area (Å²) >= 11 is 0. The lowest BCUT2D eigenvalue weighted by atomic mass is 9.98. The minimum absolute atomic E-state index is 0.00586. The molecule has 0 saturated carbocycles. The maximum Gasteiger partial charge on any atom is 0.407 e. The third kappa shape index (κ3) is 4.61. The molecule has 0 unspecified atom stereocenters. The minimum Gasteiger partial charge on any atom is -0.480 e. The van der Waals surface area contributed by atoms with E-state index in [-0.39, 0.29) is 24.8 Å². The van der Waals surface area contributed by atoms with E-state index in [2.05, 4.69) is 39.9 Å². The monoisotopic (exact) mass is 434 g/mol. The van der Waals surface area contributed by atoms with Crippen LogP contribution in [0.3, 0.4) is 0 Å². The Morgan fingerprint density at radius 3 is 2.31 bits per heavy atom. The molecule has 0 spiro atoms. The number of aliphatic carboxylic acids is 1. The highest BCUT2D eigenvalue weighted by atomic mass is 16.5. The van der Waals surface area contributed by atoms with Gasteiger partial charge in [-0.15, -0.1) is 0 Å². The lowest BCUT2D eigenvalue weighted by molar-refractivity contribution is -0.135. The summed E-state index contributed by atoms with van der Waals surface area (Å²) in [5.74, 6) is -1.71. The van der Waals surface area contributed by atoms with Gasteiger partial charge in [-0.3, -0.25) is 9.59 Å². The van der Waals surface area contributed by atoms with Crippen LogP contribution in [0.5, 0.6) is 0 Å². The van der Waals surface area contributed by atoms with Gasteiger partial charge in [0.05, 0.1) is 6.33 Å². The number of hydrogen-bond donors (Lipinski definition) is 3. The number of rotatable bonds is 8. The van der Waals surface area contributed by atoms with Crippen molar-refractivity contribution in [2.24, 2.45) is 0 Å². The molecule has 1 aliphatic rings. The van der Waals surface area contributed by atoms with E-state index in [0.717, 1.165) is 11.1 Å². The average molecular weight is 434 g/mol. The smallest absolute Gasteiger partial charge is 0.407 e. The third-order valence-corrected chi connectivity index (χ3v) is 5.25. The molecule has 0 radical (unpaired) electrons. The molecule has 0 atom stereocenters. The van der Waals surface area contributed by atoms with Gasteiger partial charge in [-0.1, -0.05) is 48.5 Å². The predicted molar refractivity (Wildman–Crippen MR) is 115 cm³/mol. The van der Waals surface area contributed by atoms with Crippen molar-refractivity contribution in [3.05, 3.63) is 77.9 Å². The van der Waals surface area contributed by atoms with E-state index in [0.29, 0.717) is 6.54 Å². The van der Waals surface area contributed by atoms with E-state index in [1.807, 2.05) is 24.3 Å². The maximum absolute atomic E-state index is 12.2. The highest BCUT2D eigenvalue weighted by molar-refractivity contribution is 5.93. The molecule has 0 bridgehead atoms. The van der Waals surface area contributed by atoms with Crippen molar-refractivity contribution in [1.82, 2.24) is 20.2 Å². The van der Waals surface area contributed by atoms with E-state index in [9.17, 15) is 14.4 Å². The van der Waals surface area contributed by atoms with Gasteiger partial charge in [0.25, 0.3) is 5.91 Å². The number of imidazole rings is 1. The lowest BCUT2D eigenvalue weighted by Gasteiger charge is -2.14. The molecule has 1 aromatic heterocycles. The molecule has 2 amide bonds. The molecule has 3 aromatic rings. The molecule has 0 aliphatic heterocycles. The number of carboxylic acid groups (broad SMARTS) is 1. The number of aromatic nitrogens is 2. The molecule has 1 heterocycles. The van der Waals surface area contributed by atoms with Crippen LogP contribution in [0.15, 0.2) is 61.1 Å². The Bertz CT molecular complexity index is 1110. The molecule has 3 N–H and O–H groups in total. The highest BCUT2D eigenvalue weighted by Crippen LogP contribution is 2.44. The summed E-state index contributed by atoms with van der Waals surface area (Å²) in [5.41, 5.74) is 4.73. The summed E-state index contributed by atoms with van der Waals surface area (Å²) in [6.07, 6.45) is 2.40. The van der Waals surface area contributed by atoms with Gasteiger partial charge in [0.1, 0.15) is 18.8 Å². The first-order chi connectivity index (χ1) is 15.5. The first-order valence-electron chi connectivity index (χ1n) is 10.1. The summed E-state index contributed by atoms with van der Waals surface area (Å²) in [7, 11) is 0. The second kappa shape index (κ2) is 9.34. The van der Waals surface area contributed by atoms with Crippen LogP contribution in [0.4, 0.5) is 4.79 Å². The van der Waals surface area contributed by atoms with Crippen LogP contribution in [0, 0.1) is 0 Å². The number of carbonyl (C=O) groups excluding carboxylic acids is 2. The number of alkyl carbamates (subject to hydrolysis) is 1. The summed E-state index contributed by atoms with van der Waals surface area (Å²) in [6.45, 7) is 0.417. The number of nitrogens with one attached hydrogen (secondary N) is 2. The largest absolute Gasteiger partial charge is 0.480 e. The molecule has 0 saturated heterocycles. The average Bonchev–Trinajstić information content (AvgIpc) is 3.39. The van der Waals surface area contributed by atoms with Gasteiger partial charge < -0.3 is 25.0 Å². The SMILES string of the molecule is O=C(O)CNC(=O)c1cn(CCNC(=O)OCC2c3ccccc3-c3ccccc32)cn1. The molecule has 9 nitrogen and oxygen atoms in total. The fourth-order valence-electron chi connectivity index (χ4n) is 3.78. The van der Waals surface area contributed by atoms with Crippen LogP contribution in [0.2, 0.25) is 0 Å². The quantitative estimate of drug-likeness (QED) is 0.500. The summed E-state index contributed by atoms with van der Waals surface area (Å²) in [6, 6.07) is 16.3. The topological polar surface area (TPSA) is 123 Å². The van der Waals surface area contributed by atoms with E-state index in [4.69, 9.17) is 9.84 Å². The minimum atomic E-state index is -1.13. The third-order valence-electron chi connectivity index (χ3n) is 5.25. The van der Waals surface area contributed by atoms with Crippen molar-refractivity contribution in [2.75, 3.05) is 19.7 Å². The Morgan fingerprint density at radius 1 is 1.00 bits per heavy atom. The standard InChI is InChI=1S/C23H22N4O5/c28-21(29)11-25-22(30)20-12-27(14-26-20)10-9-24-23(31)32-13-19-17-7-3-1-5-15(17)16-6-2-4-8-18(16)19/h1-8,12,14,19H,9-11,13H2,(H,24,31)(H,25,30)(H,28,29). The van der Waals surface area contributed by atoms with Crippen molar-refractivity contribution in [1.29, 1.82) is 0 Å². The van der Waals surface area contributed by atoms with Gasteiger partial charge >= 0.3 is 12.1 Å². The molecule has 9 heteroatoms. The van der Waals surface area contributed by atoms with Crippen LogP contribution in [0.1, 0.15) is 27.5 Å². The van der Waals surface area contributed by atoms with Crippen molar-refractivity contribution in [3.63, 3.8) is 0 Å². The number of nitrogens with zero attached hydrogens (tertiary/aromatic N) is 2. The second-order valence-corrected chi connectivity index (χ2v) is 7.33. The van der Waals surface area contributed by atoms with E-state index in [1.165, 1.54) is 23.7 Å². The second-order valence-electron chi connectivity index (χ2n) is 7.33.